The van der Waals surface area contributed by atoms with Crippen LogP contribution >= 0.6 is 11.3 Å². The van der Waals surface area contributed by atoms with Crippen molar-refractivity contribution in [2.24, 2.45) is 0 Å². The minimum atomic E-state index is -0.192. The molecular formula is C19H15N3O3S. The number of ether oxygens (including phenoxy) is 2. The molecule has 4 rings (SSSR count). The predicted molar refractivity (Wildman–Crippen MR) is 101 cm³/mol. The zero-order valence-corrected chi connectivity index (χ0v) is 15.0. The first-order valence-corrected chi connectivity index (χ1v) is 8.70. The van der Waals surface area contributed by atoms with Gasteiger partial charge in [0.25, 0.3) is 5.56 Å². The number of hydrogen-bond donors (Lipinski definition) is 0. The van der Waals surface area contributed by atoms with E-state index in [0.29, 0.717) is 21.1 Å². The van der Waals surface area contributed by atoms with E-state index >= 15 is 0 Å². The fraction of sp³-hybridized carbons (Fsp3) is 0.105. The van der Waals surface area contributed by atoms with E-state index in [4.69, 9.17) is 9.47 Å². The number of aromatic nitrogens is 3. The van der Waals surface area contributed by atoms with Crippen LogP contribution in [0.3, 0.4) is 0 Å². The number of nitrogens with zero attached hydrogens (tertiary/aromatic N) is 3. The van der Waals surface area contributed by atoms with Crippen LogP contribution in [0.5, 0.6) is 11.5 Å². The Hall–Kier alpha value is -3.19. The number of para-hydroxylation sites is 1. The van der Waals surface area contributed by atoms with E-state index < -0.39 is 0 Å². The fourth-order valence-electron chi connectivity index (χ4n) is 2.62. The lowest BCUT2D eigenvalue weighted by Gasteiger charge is -2.02. The molecule has 2 aromatic heterocycles. The highest BCUT2D eigenvalue weighted by Crippen LogP contribution is 2.21. The van der Waals surface area contributed by atoms with Crippen molar-refractivity contribution in [3.8, 4) is 22.9 Å². The summed E-state index contributed by atoms with van der Waals surface area (Å²) in [4.78, 5) is 17.7. The summed E-state index contributed by atoms with van der Waals surface area (Å²) in [6.45, 7) is 0. The van der Waals surface area contributed by atoms with Crippen molar-refractivity contribution in [2.45, 2.75) is 0 Å². The van der Waals surface area contributed by atoms with Gasteiger partial charge in [-0.25, -0.2) is 0 Å². The first-order valence-electron chi connectivity index (χ1n) is 7.88. The lowest BCUT2D eigenvalue weighted by atomic mass is 10.2. The van der Waals surface area contributed by atoms with Gasteiger partial charge in [-0.15, -0.1) is 5.10 Å². The van der Waals surface area contributed by atoms with Crippen molar-refractivity contribution < 1.29 is 9.47 Å². The summed E-state index contributed by atoms with van der Waals surface area (Å²) >= 11 is 1.30. The Morgan fingerprint density at radius 2 is 1.81 bits per heavy atom. The molecule has 0 amide bonds. The standard InChI is InChI=1S/C19H15N3O3S/c1-24-14-9-7-12(8-10-14)17-20-19-22(21-17)18(23)16(26-19)11-13-5-3-4-6-15(13)25-2/h3-11H,1-2H3/b16-11-. The van der Waals surface area contributed by atoms with Crippen LogP contribution in [0, 0.1) is 0 Å². The molecule has 0 unspecified atom stereocenters. The molecule has 6 nitrogen and oxygen atoms in total. The van der Waals surface area contributed by atoms with Gasteiger partial charge in [-0.2, -0.15) is 9.50 Å². The van der Waals surface area contributed by atoms with E-state index in [0.717, 1.165) is 16.9 Å². The topological polar surface area (TPSA) is 65.7 Å². The number of fused-ring (bicyclic) bond motifs is 1. The highest BCUT2D eigenvalue weighted by atomic mass is 32.1. The molecule has 0 fully saturated rings. The van der Waals surface area contributed by atoms with Gasteiger partial charge in [0.15, 0.2) is 5.82 Å². The average molecular weight is 365 g/mol. The lowest BCUT2D eigenvalue weighted by Crippen LogP contribution is -2.23. The molecule has 0 saturated carbocycles. The highest BCUT2D eigenvalue weighted by molar-refractivity contribution is 7.15. The van der Waals surface area contributed by atoms with Gasteiger partial charge in [-0.3, -0.25) is 4.79 Å². The minimum Gasteiger partial charge on any atom is -0.497 e. The van der Waals surface area contributed by atoms with Crippen molar-refractivity contribution in [1.29, 1.82) is 0 Å². The van der Waals surface area contributed by atoms with Crippen LogP contribution in [-0.2, 0) is 0 Å². The average Bonchev–Trinajstić information content (AvgIpc) is 3.22. The van der Waals surface area contributed by atoms with Crippen LogP contribution in [0.4, 0.5) is 0 Å². The molecule has 0 radical (unpaired) electrons. The summed E-state index contributed by atoms with van der Waals surface area (Å²) < 4.78 is 12.4. The highest BCUT2D eigenvalue weighted by Gasteiger charge is 2.12. The molecule has 0 atom stereocenters. The maximum Gasteiger partial charge on any atom is 0.291 e. The molecule has 4 aromatic rings. The number of hydrogen-bond acceptors (Lipinski definition) is 6. The van der Waals surface area contributed by atoms with Crippen LogP contribution < -0.4 is 19.6 Å². The SMILES string of the molecule is COc1ccc(-c2nc3s/c(=C\c4ccccc4OC)c(=O)n3n2)cc1. The Morgan fingerprint density at radius 3 is 2.50 bits per heavy atom. The van der Waals surface area contributed by atoms with Crippen molar-refractivity contribution in [3.63, 3.8) is 0 Å². The van der Waals surface area contributed by atoms with Gasteiger partial charge < -0.3 is 9.47 Å². The van der Waals surface area contributed by atoms with Crippen LogP contribution in [0.25, 0.3) is 22.4 Å². The van der Waals surface area contributed by atoms with Gasteiger partial charge in [0.05, 0.1) is 18.8 Å². The molecule has 0 bridgehead atoms. The molecule has 7 heteroatoms. The second-order valence-corrected chi connectivity index (χ2v) is 6.53. The zero-order chi connectivity index (χ0) is 18.1. The third-order valence-corrected chi connectivity index (χ3v) is 4.91. The molecular weight excluding hydrogens is 350 g/mol. The third kappa shape index (κ3) is 2.82. The first-order chi connectivity index (χ1) is 12.7. The number of thiazole rings is 1. The van der Waals surface area contributed by atoms with E-state index in [1.807, 2.05) is 48.5 Å². The van der Waals surface area contributed by atoms with E-state index in [1.54, 1.807) is 20.3 Å². The Morgan fingerprint density at radius 1 is 1.04 bits per heavy atom. The number of rotatable bonds is 4. The largest absolute Gasteiger partial charge is 0.497 e. The number of benzene rings is 2. The molecule has 0 spiro atoms. The minimum absolute atomic E-state index is 0.192. The van der Waals surface area contributed by atoms with Crippen LogP contribution in [0.2, 0.25) is 0 Å². The first kappa shape index (κ1) is 16.3. The summed E-state index contributed by atoms with van der Waals surface area (Å²) in [7, 11) is 3.22. The molecule has 0 aliphatic carbocycles. The van der Waals surface area contributed by atoms with E-state index in [9.17, 15) is 4.79 Å². The summed E-state index contributed by atoms with van der Waals surface area (Å²) in [6, 6.07) is 14.9. The van der Waals surface area contributed by atoms with Crippen molar-refractivity contribution >= 4 is 22.4 Å². The van der Waals surface area contributed by atoms with E-state index in [1.165, 1.54) is 15.9 Å². The van der Waals surface area contributed by atoms with Gasteiger partial charge in [-0.1, -0.05) is 29.5 Å². The summed E-state index contributed by atoms with van der Waals surface area (Å²) in [5.74, 6) is 1.98. The Labute approximate surface area is 153 Å². The van der Waals surface area contributed by atoms with Gasteiger partial charge in [-0.05, 0) is 36.4 Å². The summed E-state index contributed by atoms with van der Waals surface area (Å²) in [5.41, 5.74) is 1.48. The molecule has 0 saturated heterocycles. The van der Waals surface area contributed by atoms with Crippen molar-refractivity contribution in [3.05, 3.63) is 69.0 Å². The molecule has 130 valence electrons. The maximum atomic E-state index is 12.7. The van der Waals surface area contributed by atoms with E-state index in [-0.39, 0.29) is 5.56 Å². The van der Waals surface area contributed by atoms with E-state index in [2.05, 4.69) is 10.1 Å². The smallest absolute Gasteiger partial charge is 0.291 e. The van der Waals surface area contributed by atoms with Gasteiger partial charge in [0.1, 0.15) is 11.5 Å². The van der Waals surface area contributed by atoms with Crippen molar-refractivity contribution in [1.82, 2.24) is 14.6 Å². The van der Waals surface area contributed by atoms with Gasteiger partial charge >= 0.3 is 0 Å². The van der Waals surface area contributed by atoms with Crippen LogP contribution in [0.1, 0.15) is 5.56 Å². The summed E-state index contributed by atoms with van der Waals surface area (Å²) in [5, 5.41) is 4.35. The van der Waals surface area contributed by atoms with Crippen LogP contribution in [-0.4, -0.2) is 28.8 Å². The molecule has 26 heavy (non-hydrogen) atoms. The predicted octanol–water partition coefficient (Wildman–Crippen LogP) is 2.38. The maximum absolute atomic E-state index is 12.7. The quantitative estimate of drug-likeness (QED) is 0.556. The second-order valence-electron chi connectivity index (χ2n) is 5.52. The monoisotopic (exact) mass is 365 g/mol. The van der Waals surface area contributed by atoms with Crippen molar-refractivity contribution in [2.75, 3.05) is 14.2 Å². The third-order valence-electron chi connectivity index (χ3n) is 3.96. The fourth-order valence-corrected chi connectivity index (χ4v) is 3.52. The molecule has 2 heterocycles. The Kier molecular flexibility index (Phi) is 4.14. The lowest BCUT2D eigenvalue weighted by molar-refractivity contribution is 0.414. The van der Waals surface area contributed by atoms with Gasteiger partial charge in [0, 0.05) is 11.1 Å². The summed E-state index contributed by atoms with van der Waals surface area (Å²) in [6.07, 6.45) is 1.80. The normalized spacial score (nSPS) is 11.8. The Bertz CT molecular complexity index is 1180. The molecule has 0 aliphatic heterocycles. The zero-order valence-electron chi connectivity index (χ0n) is 14.2. The second kappa shape index (κ2) is 6.61. The van der Waals surface area contributed by atoms with Gasteiger partial charge in [0.2, 0.25) is 4.96 Å². The molecule has 0 N–H and O–H groups in total. The molecule has 2 aromatic carbocycles. The van der Waals surface area contributed by atoms with Crippen LogP contribution in [0.15, 0.2) is 53.3 Å². The molecule has 0 aliphatic rings. The number of methoxy groups -OCH3 is 2. The Balaban J connectivity index is 1.78.